The van der Waals surface area contributed by atoms with E-state index >= 15 is 0 Å². The van der Waals surface area contributed by atoms with Crippen molar-refractivity contribution in [3.8, 4) is 0 Å². The summed E-state index contributed by atoms with van der Waals surface area (Å²) in [6.07, 6.45) is 2.82. The van der Waals surface area contributed by atoms with Gasteiger partial charge in [-0.15, -0.1) is 0 Å². The van der Waals surface area contributed by atoms with Crippen LogP contribution in [-0.2, 0) is 11.2 Å². The lowest BCUT2D eigenvalue weighted by Gasteiger charge is -2.02. The molecule has 13 heavy (non-hydrogen) atoms. The second-order valence-electron chi connectivity index (χ2n) is 2.54. The van der Waals surface area contributed by atoms with Gasteiger partial charge in [0, 0.05) is 18.0 Å². The van der Waals surface area contributed by atoms with E-state index in [1.54, 1.807) is 0 Å². The number of primary amides is 2. The highest BCUT2D eigenvalue weighted by molar-refractivity contribution is 5.95. The van der Waals surface area contributed by atoms with Gasteiger partial charge in [0.15, 0.2) is 0 Å². The monoisotopic (exact) mass is 179 g/mol. The first kappa shape index (κ1) is 9.18. The first-order valence-corrected chi connectivity index (χ1v) is 3.62. The Morgan fingerprint density at radius 1 is 1.38 bits per heavy atom. The van der Waals surface area contributed by atoms with Crippen molar-refractivity contribution < 1.29 is 9.59 Å². The Hall–Kier alpha value is -1.91. The third kappa shape index (κ3) is 2.26. The van der Waals surface area contributed by atoms with Crippen LogP contribution < -0.4 is 11.5 Å². The summed E-state index contributed by atoms with van der Waals surface area (Å²) in [7, 11) is 0. The highest BCUT2D eigenvalue weighted by Gasteiger charge is 2.09. The van der Waals surface area contributed by atoms with Crippen molar-refractivity contribution in [2.24, 2.45) is 11.5 Å². The molecule has 0 atom stereocenters. The van der Waals surface area contributed by atoms with Crippen LogP contribution in [0.4, 0.5) is 0 Å². The topological polar surface area (TPSA) is 99.1 Å². The second kappa shape index (κ2) is 3.66. The molecular weight excluding hydrogens is 170 g/mol. The molecule has 5 nitrogen and oxygen atoms in total. The van der Waals surface area contributed by atoms with Crippen LogP contribution in [0.2, 0.25) is 0 Å². The minimum Gasteiger partial charge on any atom is -0.369 e. The van der Waals surface area contributed by atoms with Gasteiger partial charge in [-0.05, 0) is 11.6 Å². The van der Waals surface area contributed by atoms with Crippen LogP contribution in [0.3, 0.4) is 0 Å². The summed E-state index contributed by atoms with van der Waals surface area (Å²) in [5, 5.41) is 0. The maximum absolute atomic E-state index is 10.8. The lowest BCUT2D eigenvalue weighted by atomic mass is 10.1. The molecule has 1 rings (SSSR count). The fraction of sp³-hybridized carbons (Fsp3) is 0.125. The Morgan fingerprint density at radius 2 is 2.08 bits per heavy atom. The van der Waals surface area contributed by atoms with Crippen LogP contribution >= 0.6 is 0 Å². The number of aromatic nitrogens is 1. The van der Waals surface area contributed by atoms with Crippen LogP contribution in [-0.4, -0.2) is 16.8 Å². The molecule has 2 amide bonds. The predicted molar refractivity (Wildman–Crippen MR) is 45.7 cm³/mol. The molecule has 0 aromatic carbocycles. The van der Waals surface area contributed by atoms with Gasteiger partial charge in [0.05, 0.1) is 6.42 Å². The predicted octanol–water partition coefficient (Wildman–Crippen LogP) is -0.792. The molecule has 0 saturated heterocycles. The number of hydrogen-bond donors (Lipinski definition) is 2. The summed E-state index contributed by atoms with van der Waals surface area (Å²) in [4.78, 5) is 25.2. The van der Waals surface area contributed by atoms with Crippen molar-refractivity contribution in [3.05, 3.63) is 29.6 Å². The van der Waals surface area contributed by atoms with E-state index in [9.17, 15) is 9.59 Å². The molecule has 0 aliphatic rings. The molecule has 1 aromatic heterocycles. The van der Waals surface area contributed by atoms with Gasteiger partial charge in [0.25, 0.3) is 0 Å². The van der Waals surface area contributed by atoms with Gasteiger partial charge in [-0.1, -0.05) is 0 Å². The van der Waals surface area contributed by atoms with Gasteiger partial charge < -0.3 is 11.5 Å². The van der Waals surface area contributed by atoms with E-state index in [4.69, 9.17) is 11.5 Å². The Bertz CT molecular complexity index is 349. The zero-order chi connectivity index (χ0) is 9.84. The number of carbonyl (C=O) groups is 2. The Labute approximate surface area is 74.7 Å². The molecule has 0 aliphatic heterocycles. The van der Waals surface area contributed by atoms with Gasteiger partial charge in [0.1, 0.15) is 0 Å². The minimum atomic E-state index is -0.585. The number of rotatable bonds is 3. The van der Waals surface area contributed by atoms with Crippen LogP contribution in [0.25, 0.3) is 0 Å². The van der Waals surface area contributed by atoms with E-state index in [1.165, 1.54) is 18.5 Å². The van der Waals surface area contributed by atoms with E-state index < -0.39 is 11.8 Å². The van der Waals surface area contributed by atoms with E-state index in [1.807, 2.05) is 0 Å². The molecule has 0 radical (unpaired) electrons. The Balaban J connectivity index is 3.04. The highest BCUT2D eigenvalue weighted by Crippen LogP contribution is 2.06. The van der Waals surface area contributed by atoms with Crippen LogP contribution in [0.1, 0.15) is 15.9 Å². The number of hydrogen-bond acceptors (Lipinski definition) is 3. The lowest BCUT2D eigenvalue weighted by molar-refractivity contribution is -0.117. The molecule has 1 heterocycles. The van der Waals surface area contributed by atoms with Crippen molar-refractivity contribution in [3.63, 3.8) is 0 Å². The maximum Gasteiger partial charge on any atom is 0.249 e. The van der Waals surface area contributed by atoms with Crippen molar-refractivity contribution in [2.75, 3.05) is 0 Å². The largest absolute Gasteiger partial charge is 0.369 e. The van der Waals surface area contributed by atoms with Crippen LogP contribution in [0.15, 0.2) is 18.5 Å². The lowest BCUT2D eigenvalue weighted by Crippen LogP contribution is -2.19. The van der Waals surface area contributed by atoms with Crippen molar-refractivity contribution in [2.45, 2.75) is 6.42 Å². The zero-order valence-corrected chi connectivity index (χ0v) is 6.86. The molecule has 0 aliphatic carbocycles. The average molecular weight is 179 g/mol. The van der Waals surface area contributed by atoms with Gasteiger partial charge in [-0.3, -0.25) is 14.6 Å². The number of amides is 2. The van der Waals surface area contributed by atoms with E-state index in [0.29, 0.717) is 5.56 Å². The standard InChI is InChI=1S/C8H9N3O2/c9-7(12)3-5-4-11-2-1-6(5)8(10)13/h1-2,4H,3H2,(H2,9,12)(H2,10,13). The molecule has 0 bridgehead atoms. The fourth-order valence-electron chi connectivity index (χ4n) is 0.996. The molecule has 4 N–H and O–H groups in total. The Kier molecular flexibility index (Phi) is 2.59. The van der Waals surface area contributed by atoms with E-state index in [2.05, 4.69) is 4.98 Å². The molecular formula is C8H9N3O2. The Morgan fingerprint density at radius 3 is 2.62 bits per heavy atom. The molecule has 0 saturated carbocycles. The van der Waals surface area contributed by atoms with Gasteiger partial charge in [-0.2, -0.15) is 0 Å². The quantitative estimate of drug-likeness (QED) is 0.635. The summed E-state index contributed by atoms with van der Waals surface area (Å²) in [6.45, 7) is 0. The third-order valence-corrected chi connectivity index (χ3v) is 1.53. The minimum absolute atomic E-state index is 0.0217. The average Bonchev–Trinajstić information content (AvgIpc) is 2.03. The molecule has 1 aromatic rings. The SMILES string of the molecule is NC(=O)Cc1cnccc1C(N)=O. The third-order valence-electron chi connectivity index (χ3n) is 1.53. The fourth-order valence-corrected chi connectivity index (χ4v) is 0.996. The van der Waals surface area contributed by atoms with Crippen molar-refractivity contribution in [1.29, 1.82) is 0 Å². The summed E-state index contributed by atoms with van der Waals surface area (Å²) in [6, 6.07) is 1.46. The van der Waals surface area contributed by atoms with Gasteiger partial charge >= 0.3 is 0 Å². The number of nitrogens with zero attached hydrogens (tertiary/aromatic N) is 1. The van der Waals surface area contributed by atoms with E-state index in [-0.39, 0.29) is 12.0 Å². The molecule has 0 spiro atoms. The van der Waals surface area contributed by atoms with Gasteiger partial charge in [0.2, 0.25) is 11.8 Å². The van der Waals surface area contributed by atoms with Crippen molar-refractivity contribution in [1.82, 2.24) is 4.98 Å². The first-order valence-electron chi connectivity index (χ1n) is 3.62. The van der Waals surface area contributed by atoms with Gasteiger partial charge in [-0.25, -0.2) is 0 Å². The summed E-state index contributed by atoms with van der Waals surface area (Å²) in [5.74, 6) is -1.10. The maximum atomic E-state index is 10.8. The van der Waals surface area contributed by atoms with Crippen LogP contribution in [0, 0.1) is 0 Å². The van der Waals surface area contributed by atoms with E-state index in [0.717, 1.165) is 0 Å². The van der Waals surface area contributed by atoms with Crippen LogP contribution in [0.5, 0.6) is 0 Å². The smallest absolute Gasteiger partial charge is 0.249 e. The van der Waals surface area contributed by atoms with Crippen molar-refractivity contribution >= 4 is 11.8 Å². The molecule has 68 valence electrons. The molecule has 0 fully saturated rings. The second-order valence-corrected chi connectivity index (χ2v) is 2.54. The zero-order valence-electron chi connectivity index (χ0n) is 6.86. The molecule has 5 heteroatoms. The number of carbonyl (C=O) groups excluding carboxylic acids is 2. The number of nitrogens with two attached hydrogens (primary N) is 2. The first-order chi connectivity index (χ1) is 6.11. The highest BCUT2D eigenvalue weighted by atomic mass is 16.1. The summed E-state index contributed by atoms with van der Waals surface area (Å²) < 4.78 is 0. The molecule has 0 unspecified atom stereocenters. The number of pyridine rings is 1. The normalized spacial score (nSPS) is 9.54. The summed E-state index contributed by atoms with van der Waals surface area (Å²) >= 11 is 0. The summed E-state index contributed by atoms with van der Waals surface area (Å²) in [5.41, 5.74) is 10.8.